The molecule has 4 N–H and O–H groups in total. The van der Waals surface area contributed by atoms with Gasteiger partial charge in [0.25, 0.3) is 0 Å². The molecule has 12 heteroatoms. The SMILES string of the molecule is NC(=O)N1CCC(S(=O)(=O)N2CCC(Oc3cccc(F)c3)CC2)C(O)(C(=O)O)C1. The fourth-order valence-corrected chi connectivity index (χ4v) is 6.04. The number of β-amino-alcohol motifs (C(OH)–C–C–N with tert-alkyl or cyclic N) is 1. The molecule has 0 aromatic heterocycles. The second kappa shape index (κ2) is 8.36. The van der Waals surface area contributed by atoms with E-state index in [-0.39, 0.29) is 32.2 Å². The van der Waals surface area contributed by atoms with Gasteiger partial charge in [-0.25, -0.2) is 26.7 Å². The maximum Gasteiger partial charge on any atom is 0.339 e. The monoisotopic (exact) mass is 445 g/mol. The molecule has 2 saturated heterocycles. The van der Waals surface area contributed by atoms with Gasteiger partial charge in [-0.3, -0.25) is 0 Å². The molecule has 2 amide bonds. The summed E-state index contributed by atoms with van der Waals surface area (Å²) in [5.41, 5.74) is 2.49. The van der Waals surface area contributed by atoms with Crippen molar-refractivity contribution in [3.05, 3.63) is 30.1 Å². The van der Waals surface area contributed by atoms with Gasteiger partial charge in [-0.15, -0.1) is 0 Å². The number of nitrogens with zero attached hydrogens (tertiary/aromatic N) is 2. The largest absolute Gasteiger partial charge is 0.490 e. The normalized spacial score (nSPS) is 26.3. The van der Waals surface area contributed by atoms with Gasteiger partial charge in [0.15, 0.2) is 5.60 Å². The lowest BCUT2D eigenvalue weighted by Crippen LogP contribution is -2.67. The van der Waals surface area contributed by atoms with Crippen molar-refractivity contribution in [2.45, 2.75) is 36.2 Å². The molecule has 0 aliphatic carbocycles. The number of carbonyl (C=O) groups is 2. The third-order valence-electron chi connectivity index (χ3n) is 5.53. The lowest BCUT2D eigenvalue weighted by molar-refractivity contribution is -0.162. The maximum atomic E-state index is 13.3. The molecular formula is C18H24FN3O7S. The van der Waals surface area contributed by atoms with Crippen LogP contribution in [0.15, 0.2) is 24.3 Å². The number of piperidine rings is 2. The first-order valence-electron chi connectivity index (χ1n) is 9.45. The number of carboxylic acids is 1. The number of nitrogens with two attached hydrogens (primary N) is 1. The van der Waals surface area contributed by atoms with Crippen LogP contribution in [0.25, 0.3) is 0 Å². The summed E-state index contributed by atoms with van der Waals surface area (Å²) >= 11 is 0. The van der Waals surface area contributed by atoms with Crippen LogP contribution in [0.1, 0.15) is 19.3 Å². The number of hydrogen-bond acceptors (Lipinski definition) is 6. The van der Waals surface area contributed by atoms with Crippen LogP contribution in [0.3, 0.4) is 0 Å². The summed E-state index contributed by atoms with van der Waals surface area (Å²) in [5.74, 6) is -1.83. The van der Waals surface area contributed by atoms with Crippen LogP contribution in [0.4, 0.5) is 9.18 Å². The number of halogens is 1. The number of benzene rings is 1. The minimum Gasteiger partial charge on any atom is -0.490 e. The van der Waals surface area contributed by atoms with Gasteiger partial charge in [0.2, 0.25) is 10.0 Å². The summed E-state index contributed by atoms with van der Waals surface area (Å²) in [4.78, 5) is 24.0. The van der Waals surface area contributed by atoms with Crippen LogP contribution in [0, 0.1) is 5.82 Å². The summed E-state index contributed by atoms with van der Waals surface area (Å²) in [7, 11) is -4.18. The van der Waals surface area contributed by atoms with Gasteiger partial charge < -0.3 is 25.6 Å². The molecule has 3 rings (SSSR count). The fourth-order valence-electron chi connectivity index (χ4n) is 3.89. The molecule has 2 unspecified atom stereocenters. The van der Waals surface area contributed by atoms with Gasteiger partial charge in [-0.2, -0.15) is 0 Å². The van der Waals surface area contributed by atoms with E-state index in [0.29, 0.717) is 18.6 Å². The number of urea groups is 1. The smallest absolute Gasteiger partial charge is 0.339 e. The van der Waals surface area contributed by atoms with Crippen LogP contribution >= 0.6 is 0 Å². The highest BCUT2D eigenvalue weighted by molar-refractivity contribution is 7.89. The Kier molecular flexibility index (Phi) is 6.20. The van der Waals surface area contributed by atoms with E-state index in [1.54, 1.807) is 6.07 Å². The number of aliphatic carboxylic acids is 1. The van der Waals surface area contributed by atoms with E-state index in [2.05, 4.69) is 0 Å². The second-order valence-electron chi connectivity index (χ2n) is 7.49. The van der Waals surface area contributed by atoms with Gasteiger partial charge in [0, 0.05) is 25.7 Å². The minimum absolute atomic E-state index is 0.0635. The average Bonchev–Trinajstić information content (AvgIpc) is 2.68. The summed E-state index contributed by atoms with van der Waals surface area (Å²) in [5, 5.41) is 18.5. The molecule has 2 aliphatic rings. The molecule has 0 radical (unpaired) electrons. The fraction of sp³-hybridized carbons (Fsp3) is 0.556. The lowest BCUT2D eigenvalue weighted by Gasteiger charge is -2.43. The number of rotatable bonds is 5. The Balaban J connectivity index is 1.69. The summed E-state index contributed by atoms with van der Waals surface area (Å²) in [6.45, 7) is -0.656. The molecular weight excluding hydrogens is 421 g/mol. The number of ether oxygens (including phenoxy) is 1. The van der Waals surface area contributed by atoms with Crippen molar-refractivity contribution in [3.63, 3.8) is 0 Å². The predicted molar refractivity (Wildman–Crippen MR) is 103 cm³/mol. The first-order valence-corrected chi connectivity index (χ1v) is 11.0. The third kappa shape index (κ3) is 4.35. The molecule has 2 fully saturated rings. The van der Waals surface area contributed by atoms with Crippen LogP contribution < -0.4 is 10.5 Å². The molecule has 0 saturated carbocycles. The lowest BCUT2D eigenvalue weighted by atomic mass is 9.92. The van der Waals surface area contributed by atoms with Gasteiger partial charge in [-0.1, -0.05) is 6.07 Å². The molecule has 0 bridgehead atoms. The van der Waals surface area contributed by atoms with Crippen LogP contribution in [0.5, 0.6) is 5.75 Å². The van der Waals surface area contributed by atoms with E-state index in [0.717, 1.165) is 9.21 Å². The zero-order valence-corrected chi connectivity index (χ0v) is 16.9. The van der Waals surface area contributed by atoms with Gasteiger partial charge in [0.1, 0.15) is 22.9 Å². The zero-order valence-electron chi connectivity index (χ0n) is 16.1. The van der Waals surface area contributed by atoms with Crippen molar-refractivity contribution in [1.29, 1.82) is 0 Å². The molecule has 1 aromatic rings. The molecule has 10 nitrogen and oxygen atoms in total. The van der Waals surface area contributed by atoms with Crippen molar-refractivity contribution in [2.75, 3.05) is 26.2 Å². The number of amides is 2. The van der Waals surface area contributed by atoms with E-state index in [4.69, 9.17) is 10.5 Å². The molecule has 30 heavy (non-hydrogen) atoms. The van der Waals surface area contributed by atoms with Crippen LogP contribution in [0.2, 0.25) is 0 Å². The van der Waals surface area contributed by atoms with Gasteiger partial charge in [0.05, 0.1) is 6.54 Å². The average molecular weight is 445 g/mol. The zero-order chi connectivity index (χ0) is 22.1. The highest BCUT2D eigenvalue weighted by Crippen LogP contribution is 2.32. The number of aliphatic hydroxyl groups is 1. The van der Waals surface area contributed by atoms with Crippen molar-refractivity contribution in [1.82, 2.24) is 9.21 Å². The number of primary amides is 1. The molecule has 166 valence electrons. The minimum atomic E-state index is -4.18. The summed E-state index contributed by atoms with van der Waals surface area (Å²) in [6, 6.07) is 4.71. The number of sulfonamides is 1. The van der Waals surface area contributed by atoms with E-state index in [1.165, 1.54) is 18.2 Å². The third-order valence-corrected chi connectivity index (χ3v) is 7.96. The van der Waals surface area contributed by atoms with Gasteiger partial charge in [-0.05, 0) is 31.4 Å². The van der Waals surface area contributed by atoms with E-state index >= 15 is 0 Å². The Labute approximate surface area is 173 Å². The van der Waals surface area contributed by atoms with Gasteiger partial charge >= 0.3 is 12.0 Å². The first-order chi connectivity index (χ1) is 14.0. The second-order valence-corrected chi connectivity index (χ2v) is 9.60. The molecule has 2 heterocycles. The Morgan fingerprint density at radius 3 is 2.43 bits per heavy atom. The highest BCUT2D eigenvalue weighted by atomic mass is 32.2. The Hall–Kier alpha value is -2.44. The molecule has 1 aromatic carbocycles. The van der Waals surface area contributed by atoms with Crippen molar-refractivity contribution < 1.29 is 37.3 Å². The number of carbonyl (C=O) groups excluding carboxylic acids is 1. The van der Waals surface area contributed by atoms with E-state index < -0.39 is 45.2 Å². The summed E-state index contributed by atoms with van der Waals surface area (Å²) < 4.78 is 46.4. The quantitative estimate of drug-likeness (QED) is 0.576. The number of carboxylic acid groups (broad SMARTS) is 1. The number of hydrogen-bond donors (Lipinski definition) is 3. The Morgan fingerprint density at radius 1 is 1.20 bits per heavy atom. The van der Waals surface area contributed by atoms with Crippen molar-refractivity contribution >= 4 is 22.0 Å². The Bertz CT molecular complexity index is 920. The van der Waals surface area contributed by atoms with Crippen LogP contribution in [-0.2, 0) is 14.8 Å². The van der Waals surface area contributed by atoms with Crippen molar-refractivity contribution in [3.8, 4) is 5.75 Å². The maximum absolute atomic E-state index is 13.3. The Morgan fingerprint density at radius 2 is 1.87 bits per heavy atom. The predicted octanol–water partition coefficient (Wildman–Crippen LogP) is -0.0326. The molecule has 0 spiro atoms. The topological polar surface area (TPSA) is 150 Å². The van der Waals surface area contributed by atoms with E-state index in [9.17, 15) is 32.6 Å². The first kappa shape index (κ1) is 22.2. The standard InChI is InChI=1S/C18H24FN3O7S/c19-12-2-1-3-14(10-12)29-13-4-8-22(9-5-13)30(27,28)15-6-7-21(17(20)25)11-18(15,26)16(23)24/h1-3,10,13,15,26H,4-9,11H2,(H2,20,25)(H,23,24). The molecule has 2 atom stereocenters. The highest BCUT2D eigenvalue weighted by Gasteiger charge is 2.56. The number of likely N-dealkylation sites (tertiary alicyclic amines) is 1. The van der Waals surface area contributed by atoms with Crippen molar-refractivity contribution in [2.24, 2.45) is 5.73 Å². The molecule has 2 aliphatic heterocycles. The van der Waals surface area contributed by atoms with E-state index in [1.807, 2.05) is 0 Å². The van der Waals surface area contributed by atoms with Crippen LogP contribution in [-0.4, -0.2) is 83.0 Å². The summed E-state index contributed by atoms with van der Waals surface area (Å²) in [6.07, 6.45) is 0.0598.